The van der Waals surface area contributed by atoms with Gasteiger partial charge in [-0.25, -0.2) is 9.59 Å². The number of ether oxygens (including phenoxy) is 2. The minimum Gasteiger partial charge on any atom is -0.480 e. The number of carbonyl (C=O) groups is 8. The Kier molecular flexibility index (Phi) is 37.0. The highest BCUT2D eigenvalue weighted by molar-refractivity contribution is 5.97. The van der Waals surface area contributed by atoms with Crippen LogP contribution in [0.3, 0.4) is 0 Å². The Bertz CT molecular complexity index is 2150. The number of likely N-dealkylation sites (tertiary alicyclic amines) is 1. The van der Waals surface area contributed by atoms with E-state index < -0.39 is 78.1 Å². The Morgan fingerprint density at radius 2 is 1.41 bits per heavy atom. The van der Waals surface area contributed by atoms with Gasteiger partial charge in [-0.05, 0) is 74.2 Å². The average Bonchev–Trinajstić information content (AvgIpc) is 3.91. The summed E-state index contributed by atoms with van der Waals surface area (Å²) in [5, 5.41) is 23.3. The number of carbonyl (C=O) groups excluding carboxylic acids is 7. The van der Waals surface area contributed by atoms with Crippen LogP contribution in [-0.2, 0) is 55.9 Å². The molecule has 80 heavy (non-hydrogen) atoms. The molecular formula is C59H102N10O11. The molecule has 9 atom stereocenters. The van der Waals surface area contributed by atoms with E-state index in [1.165, 1.54) is 27.1 Å². The summed E-state index contributed by atoms with van der Waals surface area (Å²) in [5.41, 5.74) is 12.8. The quantitative estimate of drug-likeness (QED) is 0.0444. The zero-order valence-electron chi connectivity index (χ0n) is 49.6. The second-order valence-electron chi connectivity index (χ2n) is 20.7. The lowest BCUT2D eigenvalue weighted by atomic mass is 9.90. The summed E-state index contributed by atoms with van der Waals surface area (Å²) in [6.07, 6.45) is 4.21. The van der Waals surface area contributed by atoms with Crippen LogP contribution in [0, 0.1) is 17.8 Å². The number of hydrogen-bond acceptors (Lipinski definition) is 12. The van der Waals surface area contributed by atoms with Gasteiger partial charge in [-0.15, -0.1) is 0 Å². The van der Waals surface area contributed by atoms with Crippen molar-refractivity contribution in [3.05, 3.63) is 65.7 Å². The summed E-state index contributed by atoms with van der Waals surface area (Å²) < 4.78 is 11.9. The number of methoxy groups -OCH3 is 2. The summed E-state index contributed by atoms with van der Waals surface area (Å²) in [6.45, 7) is 18.6. The van der Waals surface area contributed by atoms with Gasteiger partial charge >= 0.3 is 12.0 Å². The van der Waals surface area contributed by atoms with Crippen LogP contribution < -0.4 is 38.1 Å². The molecule has 1 saturated heterocycles. The van der Waals surface area contributed by atoms with Crippen LogP contribution in [0.15, 0.2) is 54.6 Å². The number of primary amides is 1. The number of hydrogen-bond donors (Lipinski definition) is 8. The van der Waals surface area contributed by atoms with Gasteiger partial charge in [-0.1, -0.05) is 131 Å². The number of aliphatic carboxylic acids is 1. The van der Waals surface area contributed by atoms with Crippen molar-refractivity contribution in [1.29, 1.82) is 0 Å². The Morgan fingerprint density at radius 3 is 1.94 bits per heavy atom. The lowest BCUT2D eigenvalue weighted by Gasteiger charge is -2.39. The number of nitrogens with one attached hydrogen (secondary N) is 5. The minimum absolute atomic E-state index is 0. The maximum absolute atomic E-state index is 14.2. The monoisotopic (exact) mass is 1130 g/mol. The molecule has 2 unspecified atom stereocenters. The van der Waals surface area contributed by atoms with Crippen molar-refractivity contribution < 1.29 is 52.9 Å². The van der Waals surface area contributed by atoms with Crippen LogP contribution >= 0.6 is 0 Å². The molecule has 0 radical (unpaired) electrons. The SMILES string of the molecule is C.CCC.CCC.CC[C@H](C)C([C@@H](CC(=O)N1CCC[C@H]1[C@H](OC)[C@@H](C)C(=O)N[C@@H](Cc1ccccc1)C(=O)O)OC)N(C)C(=O)CNC(=O)C(C(C)C)N(C)CCc1ccc(NC(=O)[C@H](CCCNC(N)=O)NC(=O)CN)cc1. The van der Waals surface area contributed by atoms with Crippen LogP contribution in [0.25, 0.3) is 0 Å². The van der Waals surface area contributed by atoms with E-state index in [0.29, 0.717) is 50.9 Å². The molecule has 0 aliphatic carbocycles. The van der Waals surface area contributed by atoms with Gasteiger partial charge in [0.15, 0.2) is 0 Å². The van der Waals surface area contributed by atoms with Crippen LogP contribution in [0.2, 0.25) is 0 Å². The molecule has 454 valence electrons. The summed E-state index contributed by atoms with van der Waals surface area (Å²) in [4.78, 5) is 109. The van der Waals surface area contributed by atoms with Crippen molar-refractivity contribution in [1.82, 2.24) is 36.0 Å². The van der Waals surface area contributed by atoms with Gasteiger partial charge in [0.2, 0.25) is 35.4 Å². The number of rotatable bonds is 31. The van der Waals surface area contributed by atoms with E-state index in [9.17, 15) is 43.5 Å². The maximum atomic E-state index is 14.2. The molecule has 0 aromatic heterocycles. The first-order chi connectivity index (χ1) is 37.5. The Balaban J connectivity index is 0.00000851. The van der Waals surface area contributed by atoms with E-state index in [2.05, 4.69) is 54.3 Å². The largest absolute Gasteiger partial charge is 0.480 e. The molecule has 1 heterocycles. The van der Waals surface area contributed by atoms with Crippen molar-refractivity contribution in [3.63, 3.8) is 0 Å². The normalized spacial score (nSPS) is 15.8. The average molecular weight is 1130 g/mol. The molecule has 21 heteroatoms. The van der Waals surface area contributed by atoms with Crippen molar-refractivity contribution in [2.45, 2.75) is 176 Å². The van der Waals surface area contributed by atoms with Crippen LogP contribution in [0.5, 0.6) is 0 Å². The van der Waals surface area contributed by atoms with Gasteiger partial charge in [-0.2, -0.15) is 0 Å². The number of carboxylic acids is 1. The molecular weight excluding hydrogens is 1020 g/mol. The highest BCUT2D eigenvalue weighted by Gasteiger charge is 2.42. The van der Waals surface area contributed by atoms with Crippen LogP contribution in [-0.4, -0.2) is 171 Å². The molecule has 0 saturated carbocycles. The first-order valence-corrected chi connectivity index (χ1v) is 28.1. The highest BCUT2D eigenvalue weighted by Crippen LogP contribution is 2.29. The van der Waals surface area contributed by atoms with Crippen molar-refractivity contribution in [2.24, 2.45) is 29.2 Å². The van der Waals surface area contributed by atoms with Crippen molar-refractivity contribution in [2.75, 3.05) is 66.4 Å². The van der Waals surface area contributed by atoms with Crippen molar-refractivity contribution in [3.8, 4) is 0 Å². The first-order valence-electron chi connectivity index (χ1n) is 28.1. The highest BCUT2D eigenvalue weighted by atomic mass is 16.5. The molecule has 2 aromatic rings. The van der Waals surface area contributed by atoms with E-state index in [0.717, 1.165) is 11.1 Å². The number of nitrogens with two attached hydrogens (primary N) is 2. The number of benzene rings is 2. The van der Waals surface area contributed by atoms with Gasteiger partial charge in [0.25, 0.3) is 0 Å². The smallest absolute Gasteiger partial charge is 0.326 e. The Morgan fingerprint density at radius 1 is 0.800 bits per heavy atom. The molecule has 8 amide bonds. The number of urea groups is 1. The molecule has 1 fully saturated rings. The fourth-order valence-corrected chi connectivity index (χ4v) is 9.55. The predicted octanol–water partition coefficient (Wildman–Crippen LogP) is 5.33. The molecule has 21 nitrogen and oxygen atoms in total. The molecule has 0 spiro atoms. The number of likely N-dealkylation sites (N-methyl/N-ethyl adjacent to an activating group) is 2. The molecule has 1 aliphatic heterocycles. The Labute approximate surface area is 478 Å². The minimum atomic E-state index is -1.16. The number of anilines is 1. The third-order valence-corrected chi connectivity index (χ3v) is 13.8. The second kappa shape index (κ2) is 40.1. The van der Waals surface area contributed by atoms with E-state index in [-0.39, 0.29) is 75.9 Å². The third-order valence-electron chi connectivity index (χ3n) is 13.8. The van der Waals surface area contributed by atoms with E-state index >= 15 is 0 Å². The summed E-state index contributed by atoms with van der Waals surface area (Å²) in [6, 6.07) is 11.9. The molecule has 1 aliphatic rings. The van der Waals surface area contributed by atoms with Gasteiger partial charge in [0.1, 0.15) is 12.1 Å². The first kappa shape index (κ1) is 73.8. The lowest BCUT2D eigenvalue weighted by Crippen LogP contribution is -2.55. The van der Waals surface area contributed by atoms with Crippen LogP contribution in [0.1, 0.15) is 132 Å². The van der Waals surface area contributed by atoms with Gasteiger partial charge in [-0.3, -0.25) is 33.7 Å². The summed E-state index contributed by atoms with van der Waals surface area (Å²) >= 11 is 0. The van der Waals surface area contributed by atoms with Crippen LogP contribution in [0.4, 0.5) is 10.5 Å². The lowest BCUT2D eigenvalue weighted by molar-refractivity contribution is -0.147. The zero-order chi connectivity index (χ0) is 59.8. The van der Waals surface area contributed by atoms with E-state index in [1.54, 1.807) is 60.2 Å². The van der Waals surface area contributed by atoms with Crippen molar-refractivity contribution >= 4 is 53.1 Å². The molecule has 3 rings (SSSR count). The van der Waals surface area contributed by atoms with Gasteiger partial charge in [0, 0.05) is 53.0 Å². The standard InChI is InChI=1S/C52H82N10O11.2C3H8.CH4/c1-10-33(4)46(41(72-8)29-43(64)62-26-15-19-40(62)47(73-9)34(5)48(66)59-39(51(69)70)28-36-16-12-11-13-17-36)61(7)44(65)31-56-50(68)45(32(2)3)60(6)27-24-35-20-22-37(23-21-35)57-49(67)38(58-42(63)30-53)18-14-25-55-52(54)71;2*1-3-2;/h11-13,16-17,20-23,32-34,38-41,45-47H,10,14-15,18-19,24-31,53H2,1-9H3,(H,56,68)(H,57,67)(H,58,63)(H,59,66)(H,69,70)(H3,54,55,71);2*3H2,1-2H3;1H4/t33-,34+,38-,39-,40-,41+,45?,46?,47+;;;/m0.../s1. The number of amides is 8. The molecule has 10 N–H and O–H groups in total. The maximum Gasteiger partial charge on any atom is 0.326 e. The third kappa shape index (κ3) is 25.5. The summed E-state index contributed by atoms with van der Waals surface area (Å²) in [5.74, 6) is -4.51. The van der Waals surface area contributed by atoms with E-state index in [4.69, 9.17) is 20.9 Å². The topological polar surface area (TPSA) is 297 Å². The second-order valence-corrected chi connectivity index (χ2v) is 20.7. The fourth-order valence-electron chi connectivity index (χ4n) is 9.55. The summed E-state index contributed by atoms with van der Waals surface area (Å²) in [7, 11) is 6.47. The fraction of sp³-hybridized carbons (Fsp3) is 0.661. The van der Waals surface area contributed by atoms with Gasteiger partial charge in [0.05, 0.1) is 55.8 Å². The number of carboxylic acid groups (broad SMARTS) is 1. The predicted molar refractivity (Wildman–Crippen MR) is 315 cm³/mol. The Hall–Kier alpha value is -6.16. The zero-order valence-corrected chi connectivity index (χ0v) is 49.6. The van der Waals surface area contributed by atoms with E-state index in [1.807, 2.05) is 57.8 Å². The molecule has 0 bridgehead atoms. The number of nitrogens with zero attached hydrogens (tertiary/aromatic N) is 3. The van der Waals surface area contributed by atoms with Gasteiger partial charge < -0.3 is 62.4 Å². The molecule has 2 aromatic carbocycles.